The number of rotatable bonds is 5. The summed E-state index contributed by atoms with van der Waals surface area (Å²) in [5.74, 6) is 1.37. The van der Waals surface area contributed by atoms with Crippen LogP contribution in [0.5, 0.6) is 11.5 Å². The predicted octanol–water partition coefficient (Wildman–Crippen LogP) is 5.24. The molecule has 2 rings (SSSR count). The van der Waals surface area contributed by atoms with E-state index in [2.05, 4.69) is 6.92 Å². The maximum Gasteiger partial charge on any atom is 0.146 e. The van der Waals surface area contributed by atoms with Crippen LogP contribution < -0.4 is 10.5 Å². The summed E-state index contributed by atoms with van der Waals surface area (Å²) >= 11 is 12.4. The Morgan fingerprint density at radius 3 is 2.48 bits per heavy atom. The Balaban J connectivity index is 2.19. The van der Waals surface area contributed by atoms with E-state index >= 15 is 0 Å². The number of nitrogens with two attached hydrogens (primary N) is 1. The van der Waals surface area contributed by atoms with Crippen molar-refractivity contribution in [2.24, 2.45) is 5.73 Å². The second kappa shape index (κ2) is 7.17. The van der Waals surface area contributed by atoms with Gasteiger partial charge in [-0.05, 0) is 61.2 Å². The van der Waals surface area contributed by atoms with Crippen molar-refractivity contribution in [3.05, 3.63) is 57.6 Å². The Morgan fingerprint density at radius 1 is 1.10 bits per heavy atom. The van der Waals surface area contributed by atoms with Crippen molar-refractivity contribution < 1.29 is 4.74 Å². The Kier molecular flexibility index (Phi) is 5.51. The van der Waals surface area contributed by atoms with E-state index in [0.717, 1.165) is 34.7 Å². The molecule has 112 valence electrons. The van der Waals surface area contributed by atoms with Crippen LogP contribution in [0.15, 0.2) is 36.4 Å². The number of benzene rings is 2. The van der Waals surface area contributed by atoms with E-state index in [9.17, 15) is 0 Å². The molecule has 0 saturated carbocycles. The molecular formula is C17H19Cl2NO. The minimum atomic E-state index is 0.108. The van der Waals surface area contributed by atoms with Gasteiger partial charge in [0.1, 0.15) is 11.5 Å². The van der Waals surface area contributed by atoms with E-state index in [4.69, 9.17) is 33.7 Å². The minimum Gasteiger partial charge on any atom is -0.456 e. The molecule has 2 N–H and O–H groups in total. The van der Waals surface area contributed by atoms with Crippen molar-refractivity contribution >= 4 is 23.2 Å². The zero-order chi connectivity index (χ0) is 15.4. The third-order valence-corrected chi connectivity index (χ3v) is 3.84. The minimum absolute atomic E-state index is 0.108. The standard InChI is InChI=1S/C17H19Cl2NO/c1-3-13-10-14(5-6-15(13)18)21-17-7-4-12(8-11(2)20)9-16(17)19/h4-7,9-11H,3,8,20H2,1-2H3. The molecule has 1 unspecified atom stereocenters. The Bertz CT molecular complexity index is 626. The number of halogens is 2. The molecule has 2 nitrogen and oxygen atoms in total. The summed E-state index contributed by atoms with van der Waals surface area (Å²) < 4.78 is 5.84. The van der Waals surface area contributed by atoms with Gasteiger partial charge in [-0.15, -0.1) is 0 Å². The number of aryl methyl sites for hydroxylation is 1. The fraction of sp³-hybridized carbons (Fsp3) is 0.294. The molecule has 0 heterocycles. The molecular weight excluding hydrogens is 305 g/mol. The van der Waals surface area contributed by atoms with Gasteiger partial charge >= 0.3 is 0 Å². The van der Waals surface area contributed by atoms with Gasteiger partial charge in [0, 0.05) is 11.1 Å². The second-order valence-electron chi connectivity index (χ2n) is 5.16. The summed E-state index contributed by atoms with van der Waals surface area (Å²) in [6.45, 7) is 4.03. The normalized spacial score (nSPS) is 12.2. The van der Waals surface area contributed by atoms with Crippen LogP contribution in [0, 0.1) is 0 Å². The summed E-state index contributed by atoms with van der Waals surface area (Å²) in [6.07, 6.45) is 1.65. The van der Waals surface area contributed by atoms with Gasteiger partial charge < -0.3 is 10.5 Å². The van der Waals surface area contributed by atoms with Gasteiger partial charge in [-0.25, -0.2) is 0 Å². The van der Waals surface area contributed by atoms with Gasteiger partial charge in [0.2, 0.25) is 0 Å². The van der Waals surface area contributed by atoms with E-state index < -0.39 is 0 Å². The van der Waals surface area contributed by atoms with Gasteiger partial charge in [-0.3, -0.25) is 0 Å². The number of hydrogen-bond donors (Lipinski definition) is 1. The molecule has 0 aliphatic carbocycles. The largest absolute Gasteiger partial charge is 0.456 e. The maximum atomic E-state index is 6.28. The average Bonchev–Trinajstić information content (AvgIpc) is 2.43. The lowest BCUT2D eigenvalue weighted by molar-refractivity contribution is 0.482. The van der Waals surface area contributed by atoms with E-state index in [1.807, 2.05) is 43.3 Å². The topological polar surface area (TPSA) is 35.2 Å². The van der Waals surface area contributed by atoms with Gasteiger partial charge in [0.25, 0.3) is 0 Å². The first-order valence-corrected chi connectivity index (χ1v) is 7.75. The summed E-state index contributed by atoms with van der Waals surface area (Å²) in [6, 6.07) is 11.5. The first-order chi connectivity index (χ1) is 9.99. The molecule has 21 heavy (non-hydrogen) atoms. The molecule has 0 spiro atoms. The summed E-state index contributed by atoms with van der Waals surface area (Å²) in [4.78, 5) is 0. The van der Waals surface area contributed by atoms with Crippen LogP contribution in [-0.2, 0) is 12.8 Å². The predicted molar refractivity (Wildman–Crippen MR) is 89.7 cm³/mol. The lowest BCUT2D eigenvalue weighted by Crippen LogP contribution is -2.17. The van der Waals surface area contributed by atoms with Gasteiger partial charge in [0.15, 0.2) is 0 Å². The molecule has 0 fully saturated rings. The highest BCUT2D eigenvalue weighted by molar-refractivity contribution is 6.32. The first-order valence-electron chi connectivity index (χ1n) is 7.00. The SMILES string of the molecule is CCc1cc(Oc2ccc(CC(C)N)cc2Cl)ccc1Cl. The van der Waals surface area contributed by atoms with Crippen LogP contribution in [0.4, 0.5) is 0 Å². The van der Waals surface area contributed by atoms with Crippen LogP contribution in [-0.4, -0.2) is 6.04 Å². The van der Waals surface area contributed by atoms with E-state index in [0.29, 0.717) is 10.8 Å². The molecule has 0 amide bonds. The number of ether oxygens (including phenoxy) is 1. The van der Waals surface area contributed by atoms with Crippen molar-refractivity contribution in [2.75, 3.05) is 0 Å². The summed E-state index contributed by atoms with van der Waals surface area (Å²) in [5.41, 5.74) is 7.95. The monoisotopic (exact) mass is 323 g/mol. The van der Waals surface area contributed by atoms with Crippen molar-refractivity contribution in [1.82, 2.24) is 0 Å². The molecule has 2 aromatic rings. The van der Waals surface area contributed by atoms with E-state index in [-0.39, 0.29) is 6.04 Å². The van der Waals surface area contributed by atoms with Gasteiger partial charge in [-0.1, -0.05) is 36.2 Å². The third-order valence-electron chi connectivity index (χ3n) is 3.18. The van der Waals surface area contributed by atoms with E-state index in [1.165, 1.54) is 0 Å². The van der Waals surface area contributed by atoms with Crippen LogP contribution in [0.3, 0.4) is 0 Å². The molecule has 4 heteroatoms. The molecule has 1 atom stereocenters. The Hall–Kier alpha value is -1.22. The van der Waals surface area contributed by atoms with Crippen LogP contribution in [0.25, 0.3) is 0 Å². The van der Waals surface area contributed by atoms with Crippen molar-refractivity contribution in [3.63, 3.8) is 0 Å². The highest BCUT2D eigenvalue weighted by Gasteiger charge is 2.07. The zero-order valence-electron chi connectivity index (χ0n) is 12.2. The molecule has 0 bridgehead atoms. The van der Waals surface area contributed by atoms with Crippen LogP contribution >= 0.6 is 23.2 Å². The highest BCUT2D eigenvalue weighted by Crippen LogP contribution is 2.32. The fourth-order valence-electron chi connectivity index (χ4n) is 2.14. The van der Waals surface area contributed by atoms with Crippen molar-refractivity contribution in [1.29, 1.82) is 0 Å². The van der Waals surface area contributed by atoms with Crippen LogP contribution in [0.2, 0.25) is 10.0 Å². The summed E-state index contributed by atoms with van der Waals surface area (Å²) in [7, 11) is 0. The Morgan fingerprint density at radius 2 is 1.86 bits per heavy atom. The Labute approximate surface area is 135 Å². The molecule has 0 aromatic heterocycles. The number of hydrogen-bond acceptors (Lipinski definition) is 2. The fourth-order valence-corrected chi connectivity index (χ4v) is 2.63. The van der Waals surface area contributed by atoms with Crippen molar-refractivity contribution in [3.8, 4) is 11.5 Å². The van der Waals surface area contributed by atoms with Crippen molar-refractivity contribution in [2.45, 2.75) is 32.7 Å². The maximum absolute atomic E-state index is 6.28. The average molecular weight is 324 g/mol. The molecule has 0 saturated heterocycles. The van der Waals surface area contributed by atoms with Gasteiger partial charge in [-0.2, -0.15) is 0 Å². The third kappa shape index (κ3) is 4.37. The first kappa shape index (κ1) is 16.2. The smallest absolute Gasteiger partial charge is 0.146 e. The molecule has 0 aliphatic heterocycles. The molecule has 0 aliphatic rings. The second-order valence-corrected chi connectivity index (χ2v) is 5.97. The van der Waals surface area contributed by atoms with E-state index in [1.54, 1.807) is 0 Å². The summed E-state index contributed by atoms with van der Waals surface area (Å²) in [5, 5.41) is 1.34. The highest BCUT2D eigenvalue weighted by atomic mass is 35.5. The van der Waals surface area contributed by atoms with Crippen LogP contribution in [0.1, 0.15) is 25.0 Å². The zero-order valence-corrected chi connectivity index (χ0v) is 13.7. The quantitative estimate of drug-likeness (QED) is 0.816. The molecule has 0 radical (unpaired) electrons. The molecule has 2 aromatic carbocycles. The van der Waals surface area contributed by atoms with Gasteiger partial charge in [0.05, 0.1) is 5.02 Å². The lowest BCUT2D eigenvalue weighted by atomic mass is 10.1. The lowest BCUT2D eigenvalue weighted by Gasteiger charge is -2.11.